The van der Waals surface area contributed by atoms with Crippen LogP contribution in [0.2, 0.25) is 0 Å². The summed E-state index contributed by atoms with van der Waals surface area (Å²) in [5.41, 5.74) is 1.89. The topological polar surface area (TPSA) is 65.7 Å². The van der Waals surface area contributed by atoms with E-state index in [9.17, 15) is 0 Å². The standard InChI is InChI=1S/C21H31N5O/c1-17-9-6-7-13-26(17)14-8-12-23-21(22-2)24-16-19-15-20(27-25-19)18-10-4-3-5-11-18/h3-5,10-11,15,17H,6-9,12-14,16H2,1-2H3,(H2,22,23,24). The first-order valence-electron chi connectivity index (χ1n) is 9.96. The molecule has 6 nitrogen and oxygen atoms in total. The van der Waals surface area contributed by atoms with E-state index in [-0.39, 0.29) is 0 Å². The predicted octanol–water partition coefficient (Wildman–Crippen LogP) is 3.27. The van der Waals surface area contributed by atoms with Crippen molar-refractivity contribution in [3.05, 3.63) is 42.1 Å². The number of aromatic nitrogens is 1. The Labute approximate surface area is 162 Å². The summed E-state index contributed by atoms with van der Waals surface area (Å²) < 4.78 is 5.44. The van der Waals surface area contributed by atoms with Gasteiger partial charge in [0.2, 0.25) is 0 Å². The summed E-state index contributed by atoms with van der Waals surface area (Å²) in [5, 5.41) is 10.8. The molecule has 1 unspecified atom stereocenters. The molecule has 2 heterocycles. The number of hydrogen-bond acceptors (Lipinski definition) is 4. The second-order valence-electron chi connectivity index (χ2n) is 7.14. The first-order valence-corrected chi connectivity index (χ1v) is 9.96. The molecule has 146 valence electrons. The van der Waals surface area contributed by atoms with Crippen LogP contribution in [0.5, 0.6) is 0 Å². The summed E-state index contributed by atoms with van der Waals surface area (Å²) in [6, 6.07) is 12.7. The zero-order valence-corrected chi connectivity index (χ0v) is 16.4. The van der Waals surface area contributed by atoms with E-state index < -0.39 is 0 Å². The maximum Gasteiger partial charge on any atom is 0.191 e. The molecule has 1 aliphatic heterocycles. The van der Waals surface area contributed by atoms with Crippen LogP contribution in [-0.4, -0.2) is 48.7 Å². The summed E-state index contributed by atoms with van der Waals surface area (Å²) >= 11 is 0. The number of rotatable bonds is 7. The summed E-state index contributed by atoms with van der Waals surface area (Å²) in [4.78, 5) is 6.89. The lowest BCUT2D eigenvalue weighted by molar-refractivity contribution is 0.159. The van der Waals surface area contributed by atoms with E-state index >= 15 is 0 Å². The van der Waals surface area contributed by atoms with E-state index in [4.69, 9.17) is 4.52 Å². The fourth-order valence-electron chi connectivity index (χ4n) is 3.51. The smallest absolute Gasteiger partial charge is 0.191 e. The Morgan fingerprint density at radius 2 is 2.11 bits per heavy atom. The number of guanidine groups is 1. The zero-order chi connectivity index (χ0) is 18.9. The van der Waals surface area contributed by atoms with Gasteiger partial charge >= 0.3 is 0 Å². The minimum absolute atomic E-state index is 0.583. The van der Waals surface area contributed by atoms with Crippen LogP contribution in [0.4, 0.5) is 0 Å². The molecule has 0 amide bonds. The second kappa shape index (κ2) is 10.1. The molecule has 1 aliphatic rings. The Bertz CT molecular complexity index is 712. The van der Waals surface area contributed by atoms with Gasteiger partial charge in [-0.05, 0) is 32.7 Å². The Morgan fingerprint density at radius 3 is 2.89 bits per heavy atom. The van der Waals surface area contributed by atoms with Gasteiger partial charge in [0.05, 0.1) is 6.54 Å². The average Bonchev–Trinajstić information content (AvgIpc) is 3.18. The molecular weight excluding hydrogens is 338 g/mol. The summed E-state index contributed by atoms with van der Waals surface area (Å²) in [7, 11) is 1.79. The van der Waals surface area contributed by atoms with E-state index in [2.05, 4.69) is 32.6 Å². The van der Waals surface area contributed by atoms with Crippen molar-refractivity contribution in [1.29, 1.82) is 0 Å². The van der Waals surface area contributed by atoms with Crippen molar-refractivity contribution in [2.75, 3.05) is 26.7 Å². The summed E-state index contributed by atoms with van der Waals surface area (Å²) in [5.74, 6) is 1.58. The molecule has 0 saturated carbocycles. The van der Waals surface area contributed by atoms with Crippen molar-refractivity contribution in [2.24, 2.45) is 4.99 Å². The molecule has 2 aromatic rings. The number of nitrogens with zero attached hydrogens (tertiary/aromatic N) is 3. The van der Waals surface area contributed by atoms with E-state index in [1.165, 1.54) is 25.8 Å². The molecule has 1 saturated heterocycles. The van der Waals surface area contributed by atoms with Gasteiger partial charge in [-0.15, -0.1) is 0 Å². The molecule has 1 aromatic heterocycles. The number of hydrogen-bond donors (Lipinski definition) is 2. The lowest BCUT2D eigenvalue weighted by Crippen LogP contribution is -2.41. The molecule has 1 atom stereocenters. The van der Waals surface area contributed by atoms with Crippen LogP contribution in [0.15, 0.2) is 45.9 Å². The lowest BCUT2D eigenvalue weighted by Gasteiger charge is -2.33. The number of aliphatic imine (C=N–C) groups is 1. The Kier molecular flexibility index (Phi) is 7.27. The fourth-order valence-corrected chi connectivity index (χ4v) is 3.51. The van der Waals surface area contributed by atoms with Crippen molar-refractivity contribution < 1.29 is 4.52 Å². The third kappa shape index (κ3) is 5.82. The van der Waals surface area contributed by atoms with Crippen molar-refractivity contribution in [3.8, 4) is 11.3 Å². The van der Waals surface area contributed by atoms with Crippen molar-refractivity contribution in [2.45, 2.75) is 45.2 Å². The summed E-state index contributed by atoms with van der Waals surface area (Å²) in [6.45, 7) is 6.23. The molecule has 0 spiro atoms. The minimum atomic E-state index is 0.583. The third-order valence-corrected chi connectivity index (χ3v) is 5.13. The Balaban J connectivity index is 1.38. The predicted molar refractivity (Wildman–Crippen MR) is 110 cm³/mol. The molecule has 3 rings (SSSR count). The molecule has 1 aromatic carbocycles. The molecule has 2 N–H and O–H groups in total. The van der Waals surface area contributed by atoms with Crippen LogP contribution in [0.1, 0.15) is 38.3 Å². The van der Waals surface area contributed by atoms with Crippen molar-refractivity contribution >= 4 is 5.96 Å². The molecule has 1 fully saturated rings. The Hall–Kier alpha value is -2.34. The van der Waals surface area contributed by atoms with Gasteiger partial charge in [0, 0.05) is 37.8 Å². The molecule has 0 aliphatic carbocycles. The number of piperidine rings is 1. The SMILES string of the molecule is CN=C(NCCCN1CCCCC1C)NCc1cc(-c2ccccc2)on1. The molecule has 27 heavy (non-hydrogen) atoms. The molecule has 0 bridgehead atoms. The van der Waals surface area contributed by atoms with Crippen molar-refractivity contribution in [3.63, 3.8) is 0 Å². The first kappa shape index (κ1) is 19.4. The number of benzene rings is 1. The van der Waals surface area contributed by atoms with Crippen LogP contribution in [0.25, 0.3) is 11.3 Å². The second-order valence-corrected chi connectivity index (χ2v) is 7.14. The van der Waals surface area contributed by atoms with E-state index in [0.717, 1.165) is 48.5 Å². The van der Waals surface area contributed by atoms with Gasteiger partial charge < -0.3 is 20.1 Å². The maximum atomic E-state index is 5.44. The highest BCUT2D eigenvalue weighted by atomic mass is 16.5. The van der Waals surface area contributed by atoms with Gasteiger partial charge in [0.15, 0.2) is 11.7 Å². The quantitative estimate of drug-likeness (QED) is 0.445. The number of nitrogens with one attached hydrogen (secondary N) is 2. The van der Waals surface area contributed by atoms with Crippen LogP contribution < -0.4 is 10.6 Å². The highest BCUT2D eigenvalue weighted by Crippen LogP contribution is 2.19. The van der Waals surface area contributed by atoms with Gasteiger partial charge in [-0.25, -0.2) is 0 Å². The van der Waals surface area contributed by atoms with E-state index in [1.54, 1.807) is 7.05 Å². The Morgan fingerprint density at radius 1 is 1.26 bits per heavy atom. The highest BCUT2D eigenvalue weighted by molar-refractivity contribution is 5.79. The molecule has 6 heteroatoms. The van der Waals surface area contributed by atoms with Gasteiger partial charge in [-0.3, -0.25) is 4.99 Å². The largest absolute Gasteiger partial charge is 0.356 e. The normalized spacial score (nSPS) is 18.4. The minimum Gasteiger partial charge on any atom is -0.356 e. The average molecular weight is 370 g/mol. The fraction of sp³-hybridized carbons (Fsp3) is 0.524. The maximum absolute atomic E-state index is 5.44. The van der Waals surface area contributed by atoms with Crippen molar-refractivity contribution in [1.82, 2.24) is 20.7 Å². The molecular formula is C21H31N5O. The monoisotopic (exact) mass is 369 g/mol. The first-order chi connectivity index (χ1) is 13.3. The summed E-state index contributed by atoms with van der Waals surface area (Å²) in [6.07, 6.45) is 5.16. The van der Waals surface area contributed by atoms with Crippen LogP contribution in [-0.2, 0) is 6.54 Å². The van der Waals surface area contributed by atoms with Gasteiger partial charge in [0.25, 0.3) is 0 Å². The van der Waals surface area contributed by atoms with Gasteiger partial charge in [-0.2, -0.15) is 0 Å². The van der Waals surface area contributed by atoms with Crippen LogP contribution >= 0.6 is 0 Å². The van der Waals surface area contributed by atoms with Crippen LogP contribution in [0, 0.1) is 0 Å². The third-order valence-electron chi connectivity index (χ3n) is 5.13. The van der Waals surface area contributed by atoms with Gasteiger partial charge in [-0.1, -0.05) is 41.9 Å². The van der Waals surface area contributed by atoms with E-state index in [0.29, 0.717) is 6.54 Å². The lowest BCUT2D eigenvalue weighted by atomic mass is 10.0. The number of likely N-dealkylation sites (tertiary alicyclic amines) is 1. The highest BCUT2D eigenvalue weighted by Gasteiger charge is 2.17. The van der Waals surface area contributed by atoms with Gasteiger partial charge in [0.1, 0.15) is 5.69 Å². The molecule has 0 radical (unpaired) electrons. The van der Waals surface area contributed by atoms with Crippen LogP contribution in [0.3, 0.4) is 0 Å². The zero-order valence-electron chi connectivity index (χ0n) is 16.4. The van der Waals surface area contributed by atoms with E-state index in [1.807, 2.05) is 36.4 Å².